The predicted octanol–water partition coefficient (Wildman–Crippen LogP) is 1.80. The summed E-state index contributed by atoms with van der Waals surface area (Å²) in [6, 6.07) is 0. The van der Waals surface area contributed by atoms with E-state index in [4.69, 9.17) is 4.74 Å². The molecule has 0 aliphatic carbocycles. The summed E-state index contributed by atoms with van der Waals surface area (Å²) in [7, 11) is 0. The number of piperidine rings is 1. The van der Waals surface area contributed by atoms with Gasteiger partial charge in [-0.05, 0) is 44.7 Å². The van der Waals surface area contributed by atoms with Crippen LogP contribution >= 0.6 is 0 Å². The van der Waals surface area contributed by atoms with Crippen molar-refractivity contribution in [1.29, 1.82) is 0 Å². The van der Waals surface area contributed by atoms with Crippen molar-refractivity contribution in [3.8, 4) is 0 Å². The third-order valence-corrected chi connectivity index (χ3v) is 3.03. The minimum absolute atomic E-state index is 0.487. The van der Waals surface area contributed by atoms with Crippen LogP contribution in [0.1, 0.15) is 33.1 Å². The second-order valence-corrected chi connectivity index (χ2v) is 3.74. The molecule has 0 spiro atoms. The highest BCUT2D eigenvalue weighted by molar-refractivity contribution is 4.83. The number of rotatable bonds is 4. The molecular formula is C10H21NO. The summed E-state index contributed by atoms with van der Waals surface area (Å²) in [6.45, 7) is 8.51. The summed E-state index contributed by atoms with van der Waals surface area (Å²) in [4.78, 5) is 0. The first-order chi connectivity index (χ1) is 5.83. The molecule has 1 fully saturated rings. The molecule has 0 aromatic rings. The zero-order valence-electron chi connectivity index (χ0n) is 8.36. The molecule has 0 atom stereocenters. The molecule has 0 amide bonds. The van der Waals surface area contributed by atoms with Gasteiger partial charge in [0.15, 0.2) is 0 Å². The molecule has 0 saturated carbocycles. The summed E-state index contributed by atoms with van der Waals surface area (Å²) in [5.74, 6) is 0. The summed E-state index contributed by atoms with van der Waals surface area (Å²) in [5.41, 5.74) is 0.487. The van der Waals surface area contributed by atoms with Crippen LogP contribution in [-0.2, 0) is 4.74 Å². The van der Waals surface area contributed by atoms with Crippen molar-refractivity contribution in [2.45, 2.75) is 33.1 Å². The van der Waals surface area contributed by atoms with Crippen LogP contribution in [0.25, 0.3) is 0 Å². The summed E-state index contributed by atoms with van der Waals surface area (Å²) < 4.78 is 5.54. The van der Waals surface area contributed by atoms with E-state index in [2.05, 4.69) is 19.2 Å². The van der Waals surface area contributed by atoms with Gasteiger partial charge >= 0.3 is 0 Å². The van der Waals surface area contributed by atoms with E-state index in [1.165, 1.54) is 32.4 Å². The third kappa shape index (κ3) is 2.46. The lowest BCUT2D eigenvalue weighted by atomic mass is 9.77. The van der Waals surface area contributed by atoms with Gasteiger partial charge in [0.1, 0.15) is 0 Å². The summed E-state index contributed by atoms with van der Waals surface area (Å²) >= 11 is 0. The summed E-state index contributed by atoms with van der Waals surface area (Å²) in [5, 5.41) is 3.39. The molecule has 0 bridgehead atoms. The van der Waals surface area contributed by atoms with Gasteiger partial charge in [-0.25, -0.2) is 0 Å². The van der Waals surface area contributed by atoms with Crippen molar-refractivity contribution in [3.05, 3.63) is 0 Å². The second kappa shape index (κ2) is 4.83. The fourth-order valence-electron chi connectivity index (χ4n) is 1.88. The molecule has 1 aliphatic heterocycles. The topological polar surface area (TPSA) is 21.3 Å². The maximum Gasteiger partial charge on any atom is 0.0523 e. The van der Waals surface area contributed by atoms with E-state index < -0.39 is 0 Å². The van der Waals surface area contributed by atoms with Crippen molar-refractivity contribution < 1.29 is 4.74 Å². The quantitative estimate of drug-likeness (QED) is 0.696. The monoisotopic (exact) mass is 171 g/mol. The van der Waals surface area contributed by atoms with Crippen LogP contribution < -0.4 is 5.32 Å². The molecule has 1 heterocycles. The van der Waals surface area contributed by atoms with Crippen LogP contribution in [0.5, 0.6) is 0 Å². The van der Waals surface area contributed by atoms with Crippen molar-refractivity contribution >= 4 is 0 Å². The number of hydrogen-bond acceptors (Lipinski definition) is 2. The first-order valence-electron chi connectivity index (χ1n) is 5.11. The van der Waals surface area contributed by atoms with Gasteiger partial charge in [0.25, 0.3) is 0 Å². The van der Waals surface area contributed by atoms with Crippen LogP contribution in [0, 0.1) is 5.41 Å². The Hall–Kier alpha value is -0.0800. The molecule has 2 heteroatoms. The van der Waals surface area contributed by atoms with Gasteiger partial charge in [0, 0.05) is 6.61 Å². The summed E-state index contributed by atoms with van der Waals surface area (Å²) in [6.07, 6.45) is 3.82. The molecule has 2 nitrogen and oxygen atoms in total. The lowest BCUT2D eigenvalue weighted by Crippen LogP contribution is -2.39. The van der Waals surface area contributed by atoms with E-state index in [1.54, 1.807) is 0 Å². The Morgan fingerprint density at radius 1 is 1.25 bits per heavy atom. The van der Waals surface area contributed by atoms with Gasteiger partial charge in [0.2, 0.25) is 0 Å². The van der Waals surface area contributed by atoms with Gasteiger partial charge in [-0.2, -0.15) is 0 Å². The third-order valence-electron chi connectivity index (χ3n) is 3.03. The molecule has 1 N–H and O–H groups in total. The Morgan fingerprint density at radius 3 is 2.42 bits per heavy atom. The molecule has 1 aliphatic rings. The first kappa shape index (κ1) is 10.0. The highest BCUT2D eigenvalue weighted by Crippen LogP contribution is 2.32. The van der Waals surface area contributed by atoms with Crippen molar-refractivity contribution in [3.63, 3.8) is 0 Å². The Morgan fingerprint density at radius 2 is 1.92 bits per heavy atom. The molecule has 12 heavy (non-hydrogen) atoms. The van der Waals surface area contributed by atoms with E-state index in [0.717, 1.165) is 13.2 Å². The van der Waals surface area contributed by atoms with Crippen LogP contribution in [0.4, 0.5) is 0 Å². The number of ether oxygens (including phenoxy) is 1. The van der Waals surface area contributed by atoms with Crippen LogP contribution in [0.2, 0.25) is 0 Å². The van der Waals surface area contributed by atoms with Gasteiger partial charge in [-0.3, -0.25) is 0 Å². The Kier molecular flexibility index (Phi) is 4.02. The Bertz CT molecular complexity index is 119. The zero-order chi connectivity index (χ0) is 8.86. The van der Waals surface area contributed by atoms with Gasteiger partial charge < -0.3 is 10.1 Å². The van der Waals surface area contributed by atoms with E-state index >= 15 is 0 Å². The maximum absolute atomic E-state index is 5.54. The number of hydrogen-bond donors (Lipinski definition) is 1. The SMILES string of the molecule is CCOCC1(CC)CCNCC1. The molecule has 0 radical (unpaired) electrons. The van der Waals surface area contributed by atoms with E-state index in [9.17, 15) is 0 Å². The van der Waals surface area contributed by atoms with E-state index in [-0.39, 0.29) is 0 Å². The molecule has 1 saturated heterocycles. The fourth-order valence-corrected chi connectivity index (χ4v) is 1.88. The van der Waals surface area contributed by atoms with Gasteiger partial charge in [-0.15, -0.1) is 0 Å². The maximum atomic E-state index is 5.54. The average molecular weight is 171 g/mol. The molecule has 0 unspecified atom stereocenters. The second-order valence-electron chi connectivity index (χ2n) is 3.74. The Balaban J connectivity index is 2.37. The van der Waals surface area contributed by atoms with Crippen molar-refractivity contribution in [1.82, 2.24) is 5.32 Å². The highest BCUT2D eigenvalue weighted by Gasteiger charge is 2.29. The smallest absolute Gasteiger partial charge is 0.0523 e. The van der Waals surface area contributed by atoms with E-state index in [1.807, 2.05) is 0 Å². The molecule has 0 aromatic carbocycles. The van der Waals surface area contributed by atoms with Crippen molar-refractivity contribution in [2.24, 2.45) is 5.41 Å². The first-order valence-corrected chi connectivity index (χ1v) is 5.11. The van der Waals surface area contributed by atoms with Crippen LogP contribution in [0.3, 0.4) is 0 Å². The largest absolute Gasteiger partial charge is 0.381 e. The zero-order valence-corrected chi connectivity index (χ0v) is 8.36. The highest BCUT2D eigenvalue weighted by atomic mass is 16.5. The molecule has 0 aromatic heterocycles. The van der Waals surface area contributed by atoms with Crippen LogP contribution in [-0.4, -0.2) is 26.3 Å². The molecule has 72 valence electrons. The van der Waals surface area contributed by atoms with E-state index in [0.29, 0.717) is 5.41 Å². The number of nitrogens with one attached hydrogen (secondary N) is 1. The van der Waals surface area contributed by atoms with Crippen LogP contribution in [0.15, 0.2) is 0 Å². The molecular weight excluding hydrogens is 150 g/mol. The van der Waals surface area contributed by atoms with Gasteiger partial charge in [0.05, 0.1) is 6.61 Å². The fraction of sp³-hybridized carbons (Fsp3) is 1.00. The minimum Gasteiger partial charge on any atom is -0.381 e. The Labute approximate surface area is 75.7 Å². The standard InChI is InChI=1S/C10H21NO/c1-3-10(9-12-4-2)5-7-11-8-6-10/h11H,3-9H2,1-2H3. The van der Waals surface area contributed by atoms with Crippen molar-refractivity contribution in [2.75, 3.05) is 26.3 Å². The molecule has 1 rings (SSSR count). The lowest BCUT2D eigenvalue weighted by molar-refractivity contribution is 0.0275. The lowest BCUT2D eigenvalue weighted by Gasteiger charge is -2.36. The predicted molar refractivity (Wildman–Crippen MR) is 51.3 cm³/mol. The average Bonchev–Trinajstić information content (AvgIpc) is 2.16. The normalized spacial score (nSPS) is 22.5. The van der Waals surface area contributed by atoms with Gasteiger partial charge in [-0.1, -0.05) is 6.92 Å². The minimum atomic E-state index is 0.487.